The van der Waals surface area contributed by atoms with Gasteiger partial charge in [0.15, 0.2) is 11.5 Å². The molecule has 1 N–H and O–H groups in total. The number of rotatable bonds is 7. The summed E-state index contributed by atoms with van der Waals surface area (Å²) in [4.78, 5) is 24.1. The number of halogens is 1. The van der Waals surface area contributed by atoms with E-state index in [0.717, 1.165) is 0 Å². The number of carbonyl (C=O) groups excluding carboxylic acids is 2. The van der Waals surface area contributed by atoms with Crippen LogP contribution < -0.4 is 14.8 Å². The largest absolute Gasteiger partial charge is 0.493 e. The van der Waals surface area contributed by atoms with E-state index in [1.807, 2.05) is 13.8 Å². The van der Waals surface area contributed by atoms with Gasteiger partial charge >= 0.3 is 5.97 Å². The van der Waals surface area contributed by atoms with Crippen LogP contribution in [0.2, 0.25) is 5.02 Å². The third-order valence-electron chi connectivity index (χ3n) is 3.33. The number of ether oxygens (including phenoxy) is 3. The van der Waals surface area contributed by atoms with Crippen molar-refractivity contribution < 1.29 is 23.8 Å². The highest BCUT2D eigenvalue weighted by molar-refractivity contribution is 7.12. The second-order valence-corrected chi connectivity index (χ2v) is 7.00. The third kappa shape index (κ3) is 5.48. The molecule has 8 heteroatoms. The summed E-state index contributed by atoms with van der Waals surface area (Å²) >= 11 is 7.46. The molecule has 0 aliphatic carbocycles. The van der Waals surface area contributed by atoms with Crippen molar-refractivity contribution >= 4 is 46.6 Å². The van der Waals surface area contributed by atoms with Gasteiger partial charge in [-0.2, -0.15) is 0 Å². The second-order valence-electron chi connectivity index (χ2n) is 5.68. The monoisotopic (exact) mass is 409 g/mol. The minimum absolute atomic E-state index is 0.0572. The van der Waals surface area contributed by atoms with Crippen LogP contribution in [0.4, 0.5) is 5.69 Å². The number of benzene rings is 1. The summed E-state index contributed by atoms with van der Waals surface area (Å²) in [5.41, 5.74) is 1.07. The Kier molecular flexibility index (Phi) is 7.27. The Morgan fingerprint density at radius 1 is 1.26 bits per heavy atom. The van der Waals surface area contributed by atoms with Gasteiger partial charge in [0.25, 0.3) is 0 Å². The molecule has 0 fully saturated rings. The number of carbonyl (C=O) groups is 2. The Bertz CT molecular complexity index is 860. The molecule has 1 amide bonds. The van der Waals surface area contributed by atoms with Crippen molar-refractivity contribution in [3.05, 3.63) is 45.1 Å². The van der Waals surface area contributed by atoms with Crippen molar-refractivity contribution in [2.75, 3.05) is 19.5 Å². The third-order valence-corrected chi connectivity index (χ3v) is 4.50. The van der Waals surface area contributed by atoms with Gasteiger partial charge in [0.05, 0.1) is 31.0 Å². The van der Waals surface area contributed by atoms with Gasteiger partial charge < -0.3 is 19.5 Å². The lowest BCUT2D eigenvalue weighted by Gasteiger charge is -2.15. The number of hydrogen-bond acceptors (Lipinski definition) is 6. The molecule has 0 saturated heterocycles. The van der Waals surface area contributed by atoms with Crippen molar-refractivity contribution in [3.63, 3.8) is 0 Å². The maximum Gasteiger partial charge on any atom is 0.350 e. The first-order valence-electron chi connectivity index (χ1n) is 8.04. The molecule has 2 aromatic rings. The summed E-state index contributed by atoms with van der Waals surface area (Å²) < 4.78 is 15.7. The van der Waals surface area contributed by atoms with Crippen LogP contribution in [-0.2, 0) is 9.53 Å². The molecule has 144 valence electrons. The van der Waals surface area contributed by atoms with E-state index in [2.05, 4.69) is 10.1 Å². The van der Waals surface area contributed by atoms with Crippen molar-refractivity contribution in [2.45, 2.75) is 20.0 Å². The summed E-state index contributed by atoms with van der Waals surface area (Å²) in [6.45, 7) is 3.78. The molecule has 0 aliphatic heterocycles. The van der Waals surface area contributed by atoms with Gasteiger partial charge in [0.1, 0.15) is 4.88 Å². The number of methoxy groups -OCH3 is 2. The van der Waals surface area contributed by atoms with Gasteiger partial charge in [0, 0.05) is 6.08 Å². The Balaban J connectivity index is 2.16. The highest BCUT2D eigenvalue weighted by atomic mass is 35.5. The summed E-state index contributed by atoms with van der Waals surface area (Å²) in [6, 6.07) is 5.04. The standard InChI is InChI=1S/C19H20ClNO5S/c1-11(2)26-17-13(20)9-12(10-15(17)24-3)5-6-16(22)21-14-7-8-27-18(14)19(23)25-4/h5-11H,1-4H3,(H,21,22)/b6-5-. The van der Waals surface area contributed by atoms with E-state index in [1.165, 1.54) is 31.6 Å². The lowest BCUT2D eigenvalue weighted by atomic mass is 10.2. The fourth-order valence-corrected chi connectivity index (χ4v) is 3.22. The first-order chi connectivity index (χ1) is 12.8. The zero-order valence-electron chi connectivity index (χ0n) is 15.4. The number of anilines is 1. The fourth-order valence-electron chi connectivity index (χ4n) is 2.19. The van der Waals surface area contributed by atoms with E-state index < -0.39 is 11.9 Å². The molecule has 0 unspecified atom stereocenters. The molecular weight excluding hydrogens is 390 g/mol. The molecule has 1 heterocycles. The predicted molar refractivity (Wildman–Crippen MR) is 107 cm³/mol. The lowest BCUT2D eigenvalue weighted by molar-refractivity contribution is -0.111. The second kappa shape index (κ2) is 9.43. The molecular formula is C19H20ClNO5S. The maximum absolute atomic E-state index is 12.2. The molecule has 27 heavy (non-hydrogen) atoms. The van der Waals surface area contributed by atoms with Gasteiger partial charge in [-0.15, -0.1) is 11.3 Å². The topological polar surface area (TPSA) is 73.9 Å². The van der Waals surface area contributed by atoms with Crippen LogP contribution in [0.15, 0.2) is 29.7 Å². The van der Waals surface area contributed by atoms with Crippen molar-refractivity contribution in [2.24, 2.45) is 0 Å². The van der Waals surface area contributed by atoms with E-state index in [1.54, 1.807) is 29.7 Å². The number of nitrogens with one attached hydrogen (secondary N) is 1. The Morgan fingerprint density at radius 2 is 2.00 bits per heavy atom. The van der Waals surface area contributed by atoms with Gasteiger partial charge in [-0.1, -0.05) is 11.6 Å². The Hall–Kier alpha value is -2.51. The van der Waals surface area contributed by atoms with Gasteiger partial charge in [-0.05, 0) is 49.1 Å². The highest BCUT2D eigenvalue weighted by Gasteiger charge is 2.15. The zero-order chi connectivity index (χ0) is 20.0. The van der Waals surface area contributed by atoms with E-state index in [9.17, 15) is 9.59 Å². The summed E-state index contributed by atoms with van der Waals surface area (Å²) in [7, 11) is 2.81. The SMILES string of the molecule is COC(=O)c1sccc1NC(=O)/C=C\c1cc(Cl)c(OC(C)C)c(OC)c1. The molecule has 0 atom stereocenters. The predicted octanol–water partition coefficient (Wildman–Crippen LogP) is 4.64. The van der Waals surface area contributed by atoms with Crippen LogP contribution >= 0.6 is 22.9 Å². The molecule has 6 nitrogen and oxygen atoms in total. The minimum atomic E-state index is -0.499. The van der Waals surface area contributed by atoms with Crippen LogP contribution in [0.25, 0.3) is 6.08 Å². The molecule has 0 aliphatic rings. The highest BCUT2D eigenvalue weighted by Crippen LogP contribution is 2.37. The van der Waals surface area contributed by atoms with E-state index >= 15 is 0 Å². The maximum atomic E-state index is 12.2. The molecule has 0 spiro atoms. The lowest BCUT2D eigenvalue weighted by Crippen LogP contribution is -2.10. The molecule has 0 bridgehead atoms. The van der Waals surface area contributed by atoms with E-state index in [-0.39, 0.29) is 6.10 Å². The Morgan fingerprint density at radius 3 is 2.63 bits per heavy atom. The number of thiophene rings is 1. The number of amides is 1. The average molecular weight is 410 g/mol. The van der Waals surface area contributed by atoms with Gasteiger partial charge in [-0.3, -0.25) is 4.79 Å². The Labute approximate surface area is 166 Å². The minimum Gasteiger partial charge on any atom is -0.493 e. The average Bonchev–Trinajstić information content (AvgIpc) is 3.08. The number of hydrogen-bond donors (Lipinski definition) is 1. The molecule has 0 saturated carbocycles. The normalized spacial score (nSPS) is 10.9. The van der Waals surface area contributed by atoms with E-state index in [0.29, 0.717) is 32.6 Å². The molecule has 0 radical (unpaired) electrons. The van der Waals surface area contributed by atoms with Crippen molar-refractivity contribution in [1.82, 2.24) is 0 Å². The van der Waals surface area contributed by atoms with Crippen LogP contribution in [0, 0.1) is 0 Å². The number of esters is 1. The molecule has 1 aromatic heterocycles. The summed E-state index contributed by atoms with van der Waals surface area (Å²) in [5.74, 6) is 0.0384. The van der Waals surface area contributed by atoms with Crippen LogP contribution in [-0.4, -0.2) is 32.2 Å². The first-order valence-corrected chi connectivity index (χ1v) is 9.30. The molecule has 2 rings (SSSR count). The van der Waals surface area contributed by atoms with Crippen molar-refractivity contribution in [3.8, 4) is 11.5 Å². The summed E-state index contributed by atoms with van der Waals surface area (Å²) in [6.07, 6.45) is 2.87. The van der Waals surface area contributed by atoms with Crippen LogP contribution in [0.5, 0.6) is 11.5 Å². The summed E-state index contributed by atoms with van der Waals surface area (Å²) in [5, 5.41) is 4.73. The zero-order valence-corrected chi connectivity index (χ0v) is 16.9. The molecule has 1 aromatic carbocycles. The van der Waals surface area contributed by atoms with Crippen molar-refractivity contribution in [1.29, 1.82) is 0 Å². The van der Waals surface area contributed by atoms with Crippen LogP contribution in [0.1, 0.15) is 29.1 Å². The van der Waals surface area contributed by atoms with Gasteiger partial charge in [-0.25, -0.2) is 4.79 Å². The quantitative estimate of drug-likeness (QED) is 0.532. The fraction of sp³-hybridized carbons (Fsp3) is 0.263. The van der Waals surface area contributed by atoms with Crippen LogP contribution in [0.3, 0.4) is 0 Å². The van der Waals surface area contributed by atoms with E-state index in [4.69, 9.17) is 21.1 Å². The smallest absolute Gasteiger partial charge is 0.350 e. The first kappa shape index (κ1) is 20.8. The van der Waals surface area contributed by atoms with Gasteiger partial charge in [0.2, 0.25) is 5.91 Å².